The predicted molar refractivity (Wildman–Crippen MR) is 137 cm³/mol. The van der Waals surface area contributed by atoms with Crippen LogP contribution in [0.3, 0.4) is 0 Å². The summed E-state index contributed by atoms with van der Waals surface area (Å²) < 4.78 is 6.23. The standard InChI is InChI=1S/C26H25ClN2O.2ClH/c1-25(2)14-19-13-21(27)24-20(15-26(3,4)30-24)22(19)23(29-25)18-7-5-6-17(12-18)16-8-10-28-11-9-16;;/h5-13H,14-15H2,1-4H3;2*1H. The normalized spacial score (nSPS) is 17.1. The van der Waals surface area contributed by atoms with E-state index in [9.17, 15) is 0 Å². The van der Waals surface area contributed by atoms with Crippen LogP contribution >= 0.6 is 36.4 Å². The number of halogens is 3. The summed E-state index contributed by atoms with van der Waals surface area (Å²) in [7, 11) is 0. The lowest BCUT2D eigenvalue weighted by Crippen LogP contribution is -2.30. The lowest BCUT2D eigenvalue weighted by atomic mass is 9.81. The van der Waals surface area contributed by atoms with E-state index in [4.69, 9.17) is 21.3 Å². The van der Waals surface area contributed by atoms with Gasteiger partial charge in [0.05, 0.1) is 16.3 Å². The molecule has 0 radical (unpaired) electrons. The minimum absolute atomic E-state index is 0. The summed E-state index contributed by atoms with van der Waals surface area (Å²) in [5.41, 5.74) is 7.64. The number of aliphatic imine (C=N–C) groups is 1. The molecule has 2 aromatic carbocycles. The Labute approximate surface area is 207 Å². The van der Waals surface area contributed by atoms with Crippen molar-refractivity contribution in [2.75, 3.05) is 0 Å². The van der Waals surface area contributed by atoms with Crippen molar-refractivity contribution in [3.63, 3.8) is 0 Å². The Morgan fingerprint density at radius 2 is 1.56 bits per heavy atom. The van der Waals surface area contributed by atoms with Crippen LogP contribution < -0.4 is 4.74 Å². The SMILES string of the molecule is CC1(C)Cc2cc(Cl)c3c(c2C(c2cccc(-c4ccncc4)c2)=N1)CC(C)(C)O3.Cl.Cl. The Morgan fingerprint density at radius 3 is 2.28 bits per heavy atom. The van der Waals surface area contributed by atoms with Crippen molar-refractivity contribution in [3.05, 3.63) is 82.1 Å². The van der Waals surface area contributed by atoms with E-state index in [1.54, 1.807) is 0 Å². The van der Waals surface area contributed by atoms with Gasteiger partial charge in [-0.3, -0.25) is 9.98 Å². The number of ether oxygens (including phenoxy) is 1. The lowest BCUT2D eigenvalue weighted by molar-refractivity contribution is 0.138. The van der Waals surface area contributed by atoms with Crippen LogP contribution in [0.4, 0.5) is 0 Å². The average Bonchev–Trinajstić information content (AvgIpc) is 3.03. The van der Waals surface area contributed by atoms with Crippen LogP contribution in [0.2, 0.25) is 5.02 Å². The molecule has 0 saturated carbocycles. The summed E-state index contributed by atoms with van der Waals surface area (Å²) in [6, 6.07) is 14.8. The van der Waals surface area contributed by atoms with Crippen molar-refractivity contribution in [1.29, 1.82) is 0 Å². The largest absolute Gasteiger partial charge is 0.486 e. The molecule has 0 unspecified atom stereocenters. The van der Waals surface area contributed by atoms with Gasteiger partial charge in [0.1, 0.15) is 11.4 Å². The van der Waals surface area contributed by atoms with Crippen LogP contribution in [0, 0.1) is 0 Å². The molecule has 1 aromatic heterocycles. The van der Waals surface area contributed by atoms with Gasteiger partial charge in [-0.05, 0) is 75.1 Å². The van der Waals surface area contributed by atoms with Crippen molar-refractivity contribution >= 4 is 42.1 Å². The molecule has 0 bridgehead atoms. The zero-order valence-electron chi connectivity index (χ0n) is 18.6. The number of fused-ring (bicyclic) bond motifs is 3. The van der Waals surface area contributed by atoms with Gasteiger partial charge in [-0.25, -0.2) is 0 Å². The molecule has 6 heteroatoms. The second-order valence-corrected chi connectivity index (χ2v) is 9.91. The second kappa shape index (κ2) is 8.70. The van der Waals surface area contributed by atoms with E-state index in [0.29, 0.717) is 5.02 Å². The van der Waals surface area contributed by atoms with Gasteiger partial charge in [0, 0.05) is 35.5 Å². The van der Waals surface area contributed by atoms with Gasteiger partial charge >= 0.3 is 0 Å². The molecule has 3 heterocycles. The van der Waals surface area contributed by atoms with Crippen LogP contribution in [-0.4, -0.2) is 21.8 Å². The maximum atomic E-state index is 6.66. The van der Waals surface area contributed by atoms with Crippen molar-refractivity contribution in [2.24, 2.45) is 4.99 Å². The topological polar surface area (TPSA) is 34.5 Å². The van der Waals surface area contributed by atoms with Crippen molar-refractivity contribution in [2.45, 2.75) is 51.7 Å². The summed E-state index contributed by atoms with van der Waals surface area (Å²) in [5.74, 6) is 0.818. The van der Waals surface area contributed by atoms with Gasteiger partial charge in [0.25, 0.3) is 0 Å². The first kappa shape index (κ1) is 24.6. The van der Waals surface area contributed by atoms with Gasteiger partial charge in [0.2, 0.25) is 0 Å². The van der Waals surface area contributed by atoms with Crippen LogP contribution in [0.25, 0.3) is 11.1 Å². The molecule has 0 aliphatic carbocycles. The monoisotopic (exact) mass is 488 g/mol. The Morgan fingerprint density at radius 1 is 0.875 bits per heavy atom. The van der Waals surface area contributed by atoms with E-state index in [-0.39, 0.29) is 36.0 Å². The summed E-state index contributed by atoms with van der Waals surface area (Å²) in [6.07, 6.45) is 5.34. The number of aromatic nitrogens is 1. The molecular weight excluding hydrogens is 463 g/mol. The highest BCUT2D eigenvalue weighted by Gasteiger charge is 2.39. The second-order valence-electron chi connectivity index (χ2n) is 9.51. The summed E-state index contributed by atoms with van der Waals surface area (Å²) in [4.78, 5) is 9.36. The van der Waals surface area contributed by atoms with Crippen LogP contribution in [0.1, 0.15) is 49.9 Å². The molecule has 0 N–H and O–H groups in total. The van der Waals surface area contributed by atoms with Crippen molar-refractivity contribution in [1.82, 2.24) is 4.98 Å². The number of pyridine rings is 1. The summed E-state index contributed by atoms with van der Waals surface area (Å²) >= 11 is 6.66. The molecular formula is C26H27Cl3N2O. The van der Waals surface area contributed by atoms with Crippen molar-refractivity contribution in [3.8, 4) is 16.9 Å². The quantitative estimate of drug-likeness (QED) is 0.384. The Bertz CT molecular complexity index is 1190. The van der Waals surface area contributed by atoms with Crippen LogP contribution in [0.5, 0.6) is 5.75 Å². The van der Waals surface area contributed by atoms with Gasteiger partial charge in [-0.2, -0.15) is 0 Å². The molecule has 0 saturated heterocycles. The van der Waals surface area contributed by atoms with E-state index in [0.717, 1.165) is 41.0 Å². The first-order chi connectivity index (χ1) is 14.2. The maximum Gasteiger partial charge on any atom is 0.142 e. The van der Waals surface area contributed by atoms with Gasteiger partial charge in [0.15, 0.2) is 0 Å². The molecule has 3 nitrogen and oxygen atoms in total. The van der Waals surface area contributed by atoms with E-state index >= 15 is 0 Å². The Kier molecular flexibility index (Phi) is 6.68. The minimum Gasteiger partial charge on any atom is -0.486 e. The molecule has 5 rings (SSSR count). The molecule has 32 heavy (non-hydrogen) atoms. The smallest absolute Gasteiger partial charge is 0.142 e. The predicted octanol–water partition coefficient (Wildman–Crippen LogP) is 7.13. The van der Waals surface area contributed by atoms with Crippen LogP contribution in [-0.2, 0) is 12.8 Å². The highest BCUT2D eigenvalue weighted by atomic mass is 35.5. The summed E-state index contributed by atoms with van der Waals surface area (Å²) in [6.45, 7) is 8.60. The third-order valence-corrected chi connectivity index (χ3v) is 6.10. The minimum atomic E-state index is -0.266. The van der Waals surface area contributed by atoms with Gasteiger partial charge in [-0.1, -0.05) is 29.8 Å². The molecule has 0 spiro atoms. The highest BCUT2D eigenvalue weighted by molar-refractivity contribution is 6.33. The zero-order chi connectivity index (χ0) is 21.1. The molecule has 2 aliphatic rings. The van der Waals surface area contributed by atoms with Crippen LogP contribution in [0.15, 0.2) is 59.9 Å². The molecule has 0 amide bonds. The molecule has 2 aliphatic heterocycles. The Balaban J connectivity index is 0.00000144. The van der Waals surface area contributed by atoms with E-state index in [2.05, 4.69) is 63.0 Å². The number of nitrogens with zero attached hydrogens (tertiary/aromatic N) is 2. The van der Waals surface area contributed by atoms with Crippen molar-refractivity contribution < 1.29 is 4.74 Å². The van der Waals surface area contributed by atoms with Gasteiger partial charge < -0.3 is 4.74 Å². The lowest BCUT2D eigenvalue weighted by Gasteiger charge is -2.31. The number of benzene rings is 2. The average molecular weight is 490 g/mol. The first-order valence-corrected chi connectivity index (χ1v) is 10.7. The fourth-order valence-corrected chi connectivity index (χ4v) is 4.94. The maximum absolute atomic E-state index is 6.66. The number of hydrogen-bond acceptors (Lipinski definition) is 3. The summed E-state index contributed by atoms with van der Waals surface area (Å²) in [5, 5.41) is 0.705. The van der Waals surface area contributed by atoms with E-state index in [1.807, 2.05) is 24.5 Å². The fourth-order valence-electron chi connectivity index (χ4n) is 4.66. The van der Waals surface area contributed by atoms with E-state index in [1.165, 1.54) is 16.7 Å². The first-order valence-electron chi connectivity index (χ1n) is 10.4. The Hall–Kier alpha value is -2.07. The third-order valence-electron chi connectivity index (χ3n) is 5.82. The number of hydrogen-bond donors (Lipinski definition) is 0. The molecule has 0 atom stereocenters. The fraction of sp³-hybridized carbons (Fsp3) is 0.308. The molecule has 3 aromatic rings. The zero-order valence-corrected chi connectivity index (χ0v) is 21.0. The third kappa shape index (κ3) is 4.39. The van der Waals surface area contributed by atoms with E-state index < -0.39 is 0 Å². The van der Waals surface area contributed by atoms with Gasteiger partial charge in [-0.15, -0.1) is 24.8 Å². The molecule has 168 valence electrons. The molecule has 0 fully saturated rings. The highest BCUT2D eigenvalue weighted by Crippen LogP contribution is 2.46. The number of rotatable bonds is 2.